The first kappa shape index (κ1) is 31.0. The molecule has 9 nitrogen and oxygen atoms in total. The molecule has 2 aromatic carbocycles. The van der Waals surface area contributed by atoms with Gasteiger partial charge in [0.2, 0.25) is 11.8 Å². The van der Waals surface area contributed by atoms with E-state index in [1.807, 2.05) is 78.9 Å². The zero-order valence-electron chi connectivity index (χ0n) is 26.3. The quantitative estimate of drug-likeness (QED) is 0.303. The second-order valence-corrected chi connectivity index (χ2v) is 12.3. The highest BCUT2D eigenvalue weighted by atomic mass is 16.5. The standard InChI is InChI=1S/C36H44N4O5/c1-3-37(4-2)26-17-19-28(20-18-26)39-24-13-21-36-31(34(43)40(32(36)35(39)44)22-10-5-6-11-25-41)30-29(45-36)16-12-23-38(33(30)42)27-14-8-7-9-15-27/h7-9,12-21,29-32,41H,3-6,10-11,22-25H2,1-2H3/t29-,30+,31-,32?,36-/m0/s1. The molecule has 1 N–H and O–H groups in total. The van der Waals surface area contributed by atoms with Gasteiger partial charge in [0.25, 0.3) is 5.91 Å². The summed E-state index contributed by atoms with van der Waals surface area (Å²) in [7, 11) is 0. The van der Waals surface area contributed by atoms with Gasteiger partial charge in [-0.3, -0.25) is 14.4 Å². The smallest absolute Gasteiger partial charge is 0.253 e. The second kappa shape index (κ2) is 13.2. The van der Waals surface area contributed by atoms with Crippen LogP contribution in [0.15, 0.2) is 78.9 Å². The third-order valence-electron chi connectivity index (χ3n) is 9.82. The molecular weight excluding hydrogens is 568 g/mol. The van der Waals surface area contributed by atoms with Crippen LogP contribution in [0.3, 0.4) is 0 Å². The van der Waals surface area contributed by atoms with Crippen molar-refractivity contribution in [1.29, 1.82) is 0 Å². The maximum Gasteiger partial charge on any atom is 0.253 e. The first-order chi connectivity index (χ1) is 21.9. The highest BCUT2D eigenvalue weighted by Crippen LogP contribution is 2.54. The van der Waals surface area contributed by atoms with Gasteiger partial charge in [-0.05, 0) is 63.1 Å². The van der Waals surface area contributed by atoms with Crippen molar-refractivity contribution in [3.8, 4) is 0 Å². The van der Waals surface area contributed by atoms with Crippen molar-refractivity contribution in [3.63, 3.8) is 0 Å². The van der Waals surface area contributed by atoms with E-state index in [-0.39, 0.29) is 24.3 Å². The maximum atomic E-state index is 14.7. The van der Waals surface area contributed by atoms with Crippen molar-refractivity contribution < 1.29 is 24.2 Å². The third kappa shape index (κ3) is 5.46. The van der Waals surface area contributed by atoms with E-state index in [1.165, 1.54) is 0 Å². The summed E-state index contributed by atoms with van der Waals surface area (Å²) in [5.74, 6) is -2.14. The van der Waals surface area contributed by atoms with E-state index in [0.717, 1.165) is 43.0 Å². The fourth-order valence-electron chi connectivity index (χ4n) is 7.63. The Morgan fingerprint density at radius 3 is 2.20 bits per heavy atom. The minimum Gasteiger partial charge on any atom is -0.396 e. The van der Waals surface area contributed by atoms with Crippen LogP contribution in [0.4, 0.5) is 17.1 Å². The van der Waals surface area contributed by atoms with Crippen molar-refractivity contribution in [3.05, 3.63) is 78.9 Å². The molecule has 3 amide bonds. The molecule has 1 unspecified atom stereocenters. The lowest BCUT2D eigenvalue weighted by atomic mass is 9.77. The molecule has 2 saturated heterocycles. The zero-order chi connectivity index (χ0) is 31.6. The molecule has 0 bridgehead atoms. The molecule has 1 spiro atoms. The van der Waals surface area contributed by atoms with Crippen LogP contribution in [-0.4, -0.2) is 84.8 Å². The summed E-state index contributed by atoms with van der Waals surface area (Å²) in [6.45, 7) is 7.25. The average Bonchev–Trinajstić information content (AvgIpc) is 3.37. The molecule has 238 valence electrons. The minimum atomic E-state index is -1.26. The Hall–Kier alpha value is -3.95. The van der Waals surface area contributed by atoms with E-state index in [9.17, 15) is 19.5 Å². The second-order valence-electron chi connectivity index (χ2n) is 12.3. The lowest BCUT2D eigenvalue weighted by Crippen LogP contribution is -2.55. The topological polar surface area (TPSA) is 93.6 Å². The van der Waals surface area contributed by atoms with Crippen LogP contribution in [0.5, 0.6) is 0 Å². The molecule has 2 aromatic rings. The number of amides is 3. The number of benzene rings is 2. The number of hydrogen-bond acceptors (Lipinski definition) is 6. The molecule has 5 atom stereocenters. The normalized spacial score (nSPS) is 27.4. The van der Waals surface area contributed by atoms with Crippen molar-refractivity contribution in [2.24, 2.45) is 11.8 Å². The molecule has 4 aliphatic rings. The lowest BCUT2D eigenvalue weighted by molar-refractivity contribution is -0.140. The van der Waals surface area contributed by atoms with Crippen LogP contribution in [0, 0.1) is 11.8 Å². The summed E-state index contributed by atoms with van der Waals surface area (Å²) < 4.78 is 6.80. The number of aliphatic hydroxyl groups is 1. The Labute approximate surface area is 265 Å². The van der Waals surface area contributed by atoms with Crippen LogP contribution in [-0.2, 0) is 19.1 Å². The van der Waals surface area contributed by atoms with Crippen LogP contribution >= 0.6 is 0 Å². The number of para-hydroxylation sites is 1. The Morgan fingerprint density at radius 1 is 0.822 bits per heavy atom. The number of carbonyl (C=O) groups excluding carboxylic acids is 3. The molecule has 45 heavy (non-hydrogen) atoms. The van der Waals surface area contributed by atoms with E-state index < -0.39 is 29.6 Å². The zero-order valence-corrected chi connectivity index (χ0v) is 26.3. The van der Waals surface area contributed by atoms with Gasteiger partial charge < -0.3 is 29.4 Å². The van der Waals surface area contributed by atoms with E-state index >= 15 is 0 Å². The number of unbranched alkanes of at least 4 members (excludes halogenated alkanes) is 3. The molecule has 0 saturated carbocycles. The number of carbonyl (C=O) groups is 3. The Kier molecular flexibility index (Phi) is 9.10. The van der Waals surface area contributed by atoms with Crippen LogP contribution in [0.1, 0.15) is 39.5 Å². The molecule has 4 heterocycles. The van der Waals surface area contributed by atoms with Gasteiger partial charge in [-0.2, -0.15) is 0 Å². The highest BCUT2D eigenvalue weighted by Gasteiger charge is 2.71. The number of likely N-dealkylation sites (tertiary alicyclic amines) is 1. The predicted octanol–water partition coefficient (Wildman–Crippen LogP) is 4.17. The fraction of sp³-hybridized carbons (Fsp3) is 0.472. The molecule has 0 radical (unpaired) electrons. The molecule has 4 aliphatic heterocycles. The van der Waals surface area contributed by atoms with E-state index in [2.05, 4.69) is 18.7 Å². The van der Waals surface area contributed by atoms with E-state index in [4.69, 9.17) is 4.74 Å². The number of anilines is 3. The molecule has 9 heteroatoms. The van der Waals surface area contributed by atoms with Gasteiger partial charge in [0, 0.05) is 56.4 Å². The maximum absolute atomic E-state index is 14.7. The molecule has 0 aromatic heterocycles. The van der Waals surface area contributed by atoms with Gasteiger partial charge in [0.1, 0.15) is 11.6 Å². The molecule has 2 fully saturated rings. The first-order valence-corrected chi connectivity index (χ1v) is 16.4. The summed E-state index contributed by atoms with van der Waals surface area (Å²) in [6, 6.07) is 16.6. The van der Waals surface area contributed by atoms with Gasteiger partial charge in [-0.25, -0.2) is 0 Å². The number of rotatable bonds is 11. The number of ether oxygens (including phenoxy) is 1. The van der Waals surface area contributed by atoms with Crippen molar-refractivity contribution in [2.45, 2.75) is 57.3 Å². The monoisotopic (exact) mass is 612 g/mol. The number of hydrogen-bond donors (Lipinski definition) is 1. The van der Waals surface area contributed by atoms with Gasteiger partial charge >= 0.3 is 0 Å². The SMILES string of the molecule is CCN(CC)c1ccc(N2CC=C[C@]34O[C@H]5C=CCN(c6ccccc6)C(=O)[C@H]5[C@H]3C(=O)N(CCCCCCO)C4C2=O)cc1. The summed E-state index contributed by atoms with van der Waals surface area (Å²) in [6.07, 6.45) is 10.1. The van der Waals surface area contributed by atoms with Crippen molar-refractivity contribution in [1.82, 2.24) is 4.90 Å². The van der Waals surface area contributed by atoms with Crippen LogP contribution in [0.2, 0.25) is 0 Å². The molecule has 0 aliphatic carbocycles. The summed E-state index contributed by atoms with van der Waals surface area (Å²) in [5, 5.41) is 9.24. The van der Waals surface area contributed by atoms with E-state index in [1.54, 1.807) is 14.7 Å². The Bertz CT molecular complexity index is 1440. The molecule has 6 rings (SSSR count). The summed E-state index contributed by atoms with van der Waals surface area (Å²) >= 11 is 0. The van der Waals surface area contributed by atoms with Gasteiger partial charge in [-0.1, -0.05) is 55.3 Å². The highest BCUT2D eigenvalue weighted by molar-refractivity contribution is 6.07. The Balaban J connectivity index is 1.36. The number of nitrogens with zero attached hydrogens (tertiary/aromatic N) is 4. The Morgan fingerprint density at radius 2 is 1.49 bits per heavy atom. The van der Waals surface area contributed by atoms with Gasteiger partial charge in [0.05, 0.1) is 17.9 Å². The largest absolute Gasteiger partial charge is 0.396 e. The third-order valence-corrected chi connectivity index (χ3v) is 9.82. The lowest BCUT2D eigenvalue weighted by Gasteiger charge is -2.35. The van der Waals surface area contributed by atoms with Crippen molar-refractivity contribution in [2.75, 3.05) is 54.0 Å². The van der Waals surface area contributed by atoms with E-state index in [0.29, 0.717) is 32.5 Å². The minimum absolute atomic E-state index is 0.131. The van der Waals surface area contributed by atoms with Gasteiger partial charge in [0.15, 0.2) is 0 Å². The van der Waals surface area contributed by atoms with Crippen LogP contribution < -0.4 is 14.7 Å². The number of fused-ring (bicyclic) bond motifs is 2. The predicted molar refractivity (Wildman–Crippen MR) is 175 cm³/mol. The van der Waals surface area contributed by atoms with Crippen LogP contribution in [0.25, 0.3) is 0 Å². The van der Waals surface area contributed by atoms with Crippen molar-refractivity contribution >= 4 is 34.8 Å². The average molecular weight is 613 g/mol. The van der Waals surface area contributed by atoms with Gasteiger partial charge in [-0.15, -0.1) is 0 Å². The number of aliphatic hydroxyl groups excluding tert-OH is 1. The summed E-state index contributed by atoms with van der Waals surface area (Å²) in [4.78, 5) is 50.9. The first-order valence-electron chi connectivity index (χ1n) is 16.4. The summed E-state index contributed by atoms with van der Waals surface area (Å²) in [5.41, 5.74) is 1.36. The fourth-order valence-corrected chi connectivity index (χ4v) is 7.63. The molecular formula is C36H44N4O5.